The zero-order valence-electron chi connectivity index (χ0n) is 12.5. The molecule has 0 saturated carbocycles. The Labute approximate surface area is 117 Å². The second-order valence-electron chi connectivity index (χ2n) is 5.07. The molecule has 0 aromatic heterocycles. The predicted octanol–water partition coefficient (Wildman–Crippen LogP) is 4.31. The van der Waals surface area contributed by atoms with Crippen LogP contribution in [0.4, 0.5) is 0 Å². The highest BCUT2D eigenvalue weighted by Crippen LogP contribution is 2.29. The quantitative estimate of drug-likeness (QED) is 0.788. The average molecular weight is 265 g/mol. The Hall–Kier alpha value is -0.470. The molecule has 0 unspecified atom stereocenters. The molecule has 0 amide bonds. The number of nitrogens with one attached hydrogen (secondary N) is 1. The molecule has 2 heteroatoms. The van der Waals surface area contributed by atoms with Crippen molar-refractivity contribution in [3.8, 4) is 0 Å². The van der Waals surface area contributed by atoms with Crippen LogP contribution in [0.3, 0.4) is 0 Å². The van der Waals surface area contributed by atoms with Gasteiger partial charge in [0.2, 0.25) is 0 Å². The standard InChI is InChI=1S/C16H27NS/c1-6-16(7-2,18-5)12-17-11-15-13(3)9-8-10-14(15)4/h8-10,17H,6-7,11-12H2,1-5H3. The van der Waals surface area contributed by atoms with Crippen LogP contribution in [0.1, 0.15) is 43.4 Å². The second-order valence-corrected chi connectivity index (χ2v) is 6.34. The lowest BCUT2D eigenvalue weighted by atomic mass is 10.0. The number of hydrogen-bond donors (Lipinski definition) is 1. The number of hydrogen-bond acceptors (Lipinski definition) is 2. The zero-order valence-corrected chi connectivity index (χ0v) is 13.3. The maximum atomic E-state index is 3.66. The molecule has 0 radical (unpaired) electrons. The summed E-state index contributed by atoms with van der Waals surface area (Å²) >= 11 is 2.00. The fourth-order valence-corrected chi connectivity index (χ4v) is 3.23. The molecule has 18 heavy (non-hydrogen) atoms. The molecule has 0 heterocycles. The summed E-state index contributed by atoms with van der Waals surface area (Å²) in [5.41, 5.74) is 4.25. The Morgan fingerprint density at radius 3 is 2.11 bits per heavy atom. The van der Waals surface area contributed by atoms with Gasteiger partial charge in [-0.2, -0.15) is 11.8 Å². The van der Waals surface area contributed by atoms with Crippen molar-refractivity contribution in [3.05, 3.63) is 34.9 Å². The molecule has 0 aliphatic carbocycles. The maximum Gasteiger partial charge on any atom is 0.0276 e. The average Bonchev–Trinajstić information content (AvgIpc) is 2.38. The first-order chi connectivity index (χ1) is 8.58. The molecule has 0 saturated heterocycles. The van der Waals surface area contributed by atoms with E-state index >= 15 is 0 Å². The van der Waals surface area contributed by atoms with Crippen molar-refractivity contribution in [2.75, 3.05) is 12.8 Å². The summed E-state index contributed by atoms with van der Waals surface area (Å²) in [7, 11) is 0. The minimum absolute atomic E-state index is 0.399. The molecule has 0 aliphatic rings. The van der Waals surface area contributed by atoms with Gasteiger partial charge in [0.05, 0.1) is 0 Å². The predicted molar refractivity (Wildman–Crippen MR) is 84.5 cm³/mol. The fourth-order valence-electron chi connectivity index (χ4n) is 2.40. The molecule has 1 aromatic carbocycles. The van der Waals surface area contributed by atoms with Crippen LogP contribution in [0.2, 0.25) is 0 Å². The first kappa shape index (κ1) is 15.6. The third-order valence-corrected chi connectivity index (χ3v) is 5.70. The smallest absolute Gasteiger partial charge is 0.0276 e. The van der Waals surface area contributed by atoms with Gasteiger partial charge < -0.3 is 5.32 Å². The third-order valence-electron chi connectivity index (χ3n) is 4.12. The molecule has 1 nitrogen and oxygen atoms in total. The second kappa shape index (κ2) is 7.20. The molecule has 102 valence electrons. The summed E-state index contributed by atoms with van der Waals surface area (Å²) in [4.78, 5) is 0. The monoisotopic (exact) mass is 265 g/mol. The Morgan fingerprint density at radius 2 is 1.67 bits per heavy atom. The van der Waals surface area contributed by atoms with Gasteiger partial charge in [0, 0.05) is 17.8 Å². The lowest BCUT2D eigenvalue weighted by Crippen LogP contribution is -2.36. The van der Waals surface area contributed by atoms with E-state index in [1.54, 1.807) is 0 Å². The number of thioether (sulfide) groups is 1. The minimum atomic E-state index is 0.399. The van der Waals surface area contributed by atoms with Gasteiger partial charge >= 0.3 is 0 Å². The van der Waals surface area contributed by atoms with Crippen LogP contribution in [0.5, 0.6) is 0 Å². The molecule has 0 spiro atoms. The summed E-state index contributed by atoms with van der Waals surface area (Å²) < 4.78 is 0.399. The topological polar surface area (TPSA) is 12.0 Å². The Bertz CT molecular complexity index is 341. The van der Waals surface area contributed by atoms with E-state index in [2.05, 4.69) is 57.5 Å². The zero-order chi connectivity index (χ0) is 13.6. The summed E-state index contributed by atoms with van der Waals surface area (Å²) in [5, 5.41) is 3.66. The van der Waals surface area contributed by atoms with Gasteiger partial charge in [0.25, 0.3) is 0 Å². The van der Waals surface area contributed by atoms with Crippen LogP contribution in [0, 0.1) is 13.8 Å². The SMILES string of the molecule is CCC(CC)(CNCc1c(C)cccc1C)SC. The van der Waals surface area contributed by atoms with Gasteiger partial charge in [-0.05, 0) is 49.6 Å². The summed E-state index contributed by atoms with van der Waals surface area (Å²) in [6.07, 6.45) is 4.68. The van der Waals surface area contributed by atoms with Crippen molar-refractivity contribution in [2.24, 2.45) is 0 Å². The summed E-state index contributed by atoms with van der Waals surface area (Å²) in [6, 6.07) is 6.54. The highest BCUT2D eigenvalue weighted by Gasteiger charge is 2.24. The summed E-state index contributed by atoms with van der Waals surface area (Å²) in [6.45, 7) is 11.1. The first-order valence-corrected chi connectivity index (χ1v) is 8.12. The first-order valence-electron chi connectivity index (χ1n) is 6.89. The molecule has 0 bridgehead atoms. The molecule has 1 rings (SSSR count). The van der Waals surface area contributed by atoms with Crippen LogP contribution in [0.25, 0.3) is 0 Å². The molecular formula is C16H27NS. The van der Waals surface area contributed by atoms with Gasteiger partial charge in [0.15, 0.2) is 0 Å². The van der Waals surface area contributed by atoms with Gasteiger partial charge in [-0.3, -0.25) is 0 Å². The van der Waals surface area contributed by atoms with Gasteiger partial charge in [0.1, 0.15) is 0 Å². The van der Waals surface area contributed by atoms with Crippen LogP contribution >= 0.6 is 11.8 Å². The maximum absolute atomic E-state index is 3.66. The Kier molecular flexibility index (Phi) is 6.24. The van der Waals surface area contributed by atoms with Crippen molar-refractivity contribution in [2.45, 2.75) is 51.8 Å². The van der Waals surface area contributed by atoms with Crippen LogP contribution in [-0.2, 0) is 6.54 Å². The lowest BCUT2D eigenvalue weighted by molar-refractivity contribution is 0.494. The van der Waals surface area contributed by atoms with Crippen LogP contribution < -0.4 is 5.32 Å². The van der Waals surface area contributed by atoms with Crippen LogP contribution in [0.15, 0.2) is 18.2 Å². The van der Waals surface area contributed by atoms with Gasteiger partial charge in [-0.1, -0.05) is 32.0 Å². The van der Waals surface area contributed by atoms with E-state index in [0.29, 0.717) is 4.75 Å². The number of aryl methyl sites for hydroxylation is 2. The molecule has 1 aromatic rings. The summed E-state index contributed by atoms with van der Waals surface area (Å²) in [5.74, 6) is 0. The lowest BCUT2D eigenvalue weighted by Gasteiger charge is -2.30. The minimum Gasteiger partial charge on any atom is -0.311 e. The normalized spacial score (nSPS) is 11.8. The van der Waals surface area contributed by atoms with Gasteiger partial charge in [-0.15, -0.1) is 0 Å². The van der Waals surface area contributed by atoms with Crippen molar-refractivity contribution in [3.63, 3.8) is 0 Å². The van der Waals surface area contributed by atoms with Crippen molar-refractivity contribution in [1.29, 1.82) is 0 Å². The van der Waals surface area contributed by atoms with Crippen molar-refractivity contribution >= 4 is 11.8 Å². The van der Waals surface area contributed by atoms with E-state index in [9.17, 15) is 0 Å². The van der Waals surface area contributed by atoms with Crippen molar-refractivity contribution in [1.82, 2.24) is 5.32 Å². The van der Waals surface area contributed by atoms with Crippen molar-refractivity contribution < 1.29 is 0 Å². The largest absolute Gasteiger partial charge is 0.311 e. The van der Waals surface area contributed by atoms with E-state index in [0.717, 1.165) is 13.1 Å². The molecule has 1 N–H and O–H groups in total. The molecule has 0 atom stereocenters. The Balaban J connectivity index is 2.61. The van der Waals surface area contributed by atoms with E-state index in [1.165, 1.54) is 29.5 Å². The van der Waals surface area contributed by atoms with E-state index in [-0.39, 0.29) is 0 Å². The highest BCUT2D eigenvalue weighted by atomic mass is 32.2. The third kappa shape index (κ3) is 3.76. The van der Waals surface area contributed by atoms with E-state index < -0.39 is 0 Å². The Morgan fingerprint density at radius 1 is 1.11 bits per heavy atom. The van der Waals surface area contributed by atoms with E-state index in [4.69, 9.17) is 0 Å². The highest BCUT2D eigenvalue weighted by molar-refractivity contribution is 8.00. The fraction of sp³-hybridized carbons (Fsp3) is 0.625. The number of rotatable bonds is 7. The van der Waals surface area contributed by atoms with Crippen LogP contribution in [-0.4, -0.2) is 17.5 Å². The van der Waals surface area contributed by atoms with Gasteiger partial charge in [-0.25, -0.2) is 0 Å². The number of benzene rings is 1. The molecule has 0 fully saturated rings. The molecule has 0 aliphatic heterocycles. The van der Waals surface area contributed by atoms with E-state index in [1.807, 2.05) is 11.8 Å². The molecular weight excluding hydrogens is 238 g/mol.